The SMILES string of the molecule is Cc1cc(CN[C@H](C(=O)O)C(C)C)ccc1Cl. The van der Waals surface area contributed by atoms with Gasteiger partial charge in [0.2, 0.25) is 0 Å². The first-order chi connectivity index (χ1) is 7.91. The predicted octanol–water partition coefficient (Wildman–Crippen LogP) is 2.85. The molecule has 0 bridgehead atoms. The number of aliphatic carboxylic acids is 1. The Balaban J connectivity index is 2.65. The topological polar surface area (TPSA) is 49.3 Å². The van der Waals surface area contributed by atoms with Crippen LogP contribution in [-0.2, 0) is 11.3 Å². The number of nitrogens with one attached hydrogen (secondary N) is 1. The first kappa shape index (κ1) is 14.0. The molecule has 0 heterocycles. The van der Waals surface area contributed by atoms with E-state index in [2.05, 4.69) is 5.32 Å². The molecule has 0 saturated carbocycles. The van der Waals surface area contributed by atoms with Gasteiger partial charge in [0.1, 0.15) is 6.04 Å². The standard InChI is InChI=1S/C13H18ClNO2/c1-8(2)12(13(16)17)15-7-10-4-5-11(14)9(3)6-10/h4-6,8,12,15H,7H2,1-3H3,(H,16,17)/t12-/m0/s1. The smallest absolute Gasteiger partial charge is 0.320 e. The molecule has 17 heavy (non-hydrogen) atoms. The van der Waals surface area contributed by atoms with Crippen LogP contribution in [0, 0.1) is 12.8 Å². The summed E-state index contributed by atoms with van der Waals surface area (Å²) in [6, 6.07) is 5.18. The van der Waals surface area contributed by atoms with Crippen molar-refractivity contribution < 1.29 is 9.90 Å². The van der Waals surface area contributed by atoms with Gasteiger partial charge in [-0.2, -0.15) is 0 Å². The van der Waals surface area contributed by atoms with Gasteiger partial charge in [0.25, 0.3) is 0 Å². The monoisotopic (exact) mass is 255 g/mol. The first-order valence-electron chi connectivity index (χ1n) is 5.63. The molecule has 1 aromatic rings. The summed E-state index contributed by atoms with van der Waals surface area (Å²) in [5.41, 5.74) is 2.04. The van der Waals surface area contributed by atoms with Gasteiger partial charge in [-0.1, -0.05) is 37.6 Å². The van der Waals surface area contributed by atoms with Crippen LogP contribution in [-0.4, -0.2) is 17.1 Å². The van der Waals surface area contributed by atoms with Gasteiger partial charge < -0.3 is 10.4 Å². The molecule has 0 spiro atoms. The van der Waals surface area contributed by atoms with Crippen LogP contribution < -0.4 is 5.32 Å². The molecule has 1 atom stereocenters. The summed E-state index contributed by atoms with van der Waals surface area (Å²) in [5.74, 6) is -0.758. The molecular formula is C13H18ClNO2. The Kier molecular flexibility index (Phi) is 4.97. The van der Waals surface area contributed by atoms with E-state index in [0.29, 0.717) is 6.54 Å². The first-order valence-corrected chi connectivity index (χ1v) is 6.01. The van der Waals surface area contributed by atoms with E-state index in [0.717, 1.165) is 16.1 Å². The molecule has 4 heteroatoms. The number of hydrogen-bond donors (Lipinski definition) is 2. The number of halogens is 1. The summed E-state index contributed by atoms with van der Waals surface area (Å²) in [4.78, 5) is 11.0. The van der Waals surface area contributed by atoms with Gasteiger partial charge >= 0.3 is 5.97 Å². The molecule has 0 aliphatic rings. The highest BCUT2D eigenvalue weighted by molar-refractivity contribution is 6.31. The number of benzene rings is 1. The van der Waals surface area contributed by atoms with Crippen molar-refractivity contribution in [3.63, 3.8) is 0 Å². The molecule has 0 unspecified atom stereocenters. The van der Waals surface area contributed by atoms with Gasteiger partial charge in [-0.3, -0.25) is 4.79 Å². The molecule has 0 saturated heterocycles. The summed E-state index contributed by atoms with van der Waals surface area (Å²) in [7, 11) is 0. The van der Waals surface area contributed by atoms with Crippen LogP contribution in [0.15, 0.2) is 18.2 Å². The lowest BCUT2D eigenvalue weighted by Crippen LogP contribution is -2.40. The molecule has 94 valence electrons. The van der Waals surface area contributed by atoms with Crippen LogP contribution >= 0.6 is 11.6 Å². The van der Waals surface area contributed by atoms with Crippen molar-refractivity contribution in [2.45, 2.75) is 33.4 Å². The van der Waals surface area contributed by atoms with Crippen molar-refractivity contribution in [2.24, 2.45) is 5.92 Å². The van der Waals surface area contributed by atoms with E-state index >= 15 is 0 Å². The number of carbonyl (C=O) groups is 1. The molecular weight excluding hydrogens is 238 g/mol. The van der Waals surface area contributed by atoms with Gasteiger partial charge in [-0.15, -0.1) is 0 Å². The lowest BCUT2D eigenvalue weighted by molar-refractivity contribution is -0.140. The zero-order valence-corrected chi connectivity index (χ0v) is 11.1. The Morgan fingerprint density at radius 1 is 1.47 bits per heavy atom. The van der Waals surface area contributed by atoms with Crippen molar-refractivity contribution in [3.05, 3.63) is 34.3 Å². The molecule has 2 N–H and O–H groups in total. The highest BCUT2D eigenvalue weighted by atomic mass is 35.5. The molecule has 0 aliphatic heterocycles. The molecule has 3 nitrogen and oxygen atoms in total. The Bertz CT molecular complexity index is 404. The van der Waals surface area contributed by atoms with Crippen LogP contribution in [0.5, 0.6) is 0 Å². The van der Waals surface area contributed by atoms with Crippen LogP contribution in [0.2, 0.25) is 5.02 Å². The van der Waals surface area contributed by atoms with E-state index in [1.165, 1.54) is 0 Å². The van der Waals surface area contributed by atoms with Crippen molar-refractivity contribution in [1.82, 2.24) is 5.32 Å². The molecule has 0 aliphatic carbocycles. The third-order valence-electron chi connectivity index (χ3n) is 2.68. The zero-order valence-electron chi connectivity index (χ0n) is 10.3. The second kappa shape index (κ2) is 6.03. The summed E-state index contributed by atoms with van der Waals surface area (Å²) >= 11 is 5.93. The fraction of sp³-hybridized carbons (Fsp3) is 0.462. The summed E-state index contributed by atoms with van der Waals surface area (Å²) in [6.07, 6.45) is 0. The minimum absolute atomic E-state index is 0.0564. The average Bonchev–Trinajstić information content (AvgIpc) is 2.22. The Labute approximate surface area is 107 Å². The normalized spacial score (nSPS) is 12.8. The van der Waals surface area contributed by atoms with Gasteiger partial charge in [0, 0.05) is 11.6 Å². The van der Waals surface area contributed by atoms with Crippen molar-refractivity contribution in [2.75, 3.05) is 0 Å². The maximum absolute atomic E-state index is 11.0. The Morgan fingerprint density at radius 3 is 2.59 bits per heavy atom. The Hall–Kier alpha value is -1.06. The molecule has 1 aromatic carbocycles. The third-order valence-corrected chi connectivity index (χ3v) is 3.11. The van der Waals surface area contributed by atoms with Crippen molar-refractivity contribution in [3.8, 4) is 0 Å². The number of rotatable bonds is 5. The number of carboxylic acid groups (broad SMARTS) is 1. The van der Waals surface area contributed by atoms with Gasteiger partial charge in [-0.05, 0) is 30.0 Å². The van der Waals surface area contributed by atoms with Crippen LogP contribution in [0.4, 0.5) is 0 Å². The fourth-order valence-electron chi connectivity index (χ4n) is 1.65. The molecule has 0 amide bonds. The van der Waals surface area contributed by atoms with E-state index in [-0.39, 0.29) is 5.92 Å². The van der Waals surface area contributed by atoms with E-state index in [9.17, 15) is 4.79 Å². The second-order valence-electron chi connectivity index (χ2n) is 4.52. The molecule has 0 radical (unpaired) electrons. The van der Waals surface area contributed by atoms with E-state index in [1.54, 1.807) is 0 Å². The van der Waals surface area contributed by atoms with Gasteiger partial charge in [0.05, 0.1) is 0 Å². The third kappa shape index (κ3) is 4.02. The minimum atomic E-state index is -0.814. The summed E-state index contributed by atoms with van der Waals surface area (Å²) in [6.45, 7) is 6.24. The van der Waals surface area contributed by atoms with Crippen LogP contribution in [0.25, 0.3) is 0 Å². The summed E-state index contributed by atoms with van der Waals surface area (Å²) < 4.78 is 0. The van der Waals surface area contributed by atoms with E-state index < -0.39 is 12.0 Å². The molecule has 0 fully saturated rings. The average molecular weight is 256 g/mol. The van der Waals surface area contributed by atoms with Gasteiger partial charge in [-0.25, -0.2) is 0 Å². The highest BCUT2D eigenvalue weighted by Gasteiger charge is 2.20. The van der Waals surface area contributed by atoms with Crippen molar-refractivity contribution in [1.29, 1.82) is 0 Å². The van der Waals surface area contributed by atoms with Crippen LogP contribution in [0.1, 0.15) is 25.0 Å². The lowest BCUT2D eigenvalue weighted by Gasteiger charge is -2.18. The number of carboxylic acids is 1. The number of aryl methyl sites for hydroxylation is 1. The second-order valence-corrected chi connectivity index (χ2v) is 4.93. The van der Waals surface area contributed by atoms with E-state index in [4.69, 9.17) is 16.7 Å². The predicted molar refractivity (Wildman–Crippen MR) is 69.3 cm³/mol. The molecule has 0 aromatic heterocycles. The highest BCUT2D eigenvalue weighted by Crippen LogP contribution is 2.16. The molecule has 1 rings (SSSR count). The quantitative estimate of drug-likeness (QED) is 0.851. The van der Waals surface area contributed by atoms with Crippen LogP contribution in [0.3, 0.4) is 0 Å². The zero-order chi connectivity index (χ0) is 13.0. The minimum Gasteiger partial charge on any atom is -0.480 e. The van der Waals surface area contributed by atoms with Crippen molar-refractivity contribution >= 4 is 17.6 Å². The lowest BCUT2D eigenvalue weighted by atomic mass is 10.0. The maximum atomic E-state index is 11.0. The largest absolute Gasteiger partial charge is 0.480 e. The van der Waals surface area contributed by atoms with Gasteiger partial charge in [0.15, 0.2) is 0 Å². The maximum Gasteiger partial charge on any atom is 0.320 e. The Morgan fingerprint density at radius 2 is 2.12 bits per heavy atom. The number of hydrogen-bond acceptors (Lipinski definition) is 2. The van der Waals surface area contributed by atoms with E-state index in [1.807, 2.05) is 39.0 Å². The fourth-order valence-corrected chi connectivity index (χ4v) is 1.77. The summed E-state index contributed by atoms with van der Waals surface area (Å²) in [5, 5.41) is 12.8.